The topological polar surface area (TPSA) is 23.5 Å². The predicted molar refractivity (Wildman–Crippen MR) is 116 cm³/mol. The molecule has 1 N–H and O–H groups in total. The molecule has 3 heteroatoms. The van der Waals surface area contributed by atoms with Crippen LogP contribution in [0.15, 0.2) is 60.7 Å². The number of likely N-dealkylation sites (tertiary alicyclic amines) is 1. The summed E-state index contributed by atoms with van der Waals surface area (Å²) in [5.41, 5.74) is 0. The van der Waals surface area contributed by atoms with Gasteiger partial charge in [0.05, 0.1) is 6.10 Å². The van der Waals surface area contributed by atoms with Gasteiger partial charge < -0.3 is 5.11 Å². The van der Waals surface area contributed by atoms with Crippen molar-refractivity contribution in [2.75, 3.05) is 7.05 Å². The Morgan fingerprint density at radius 1 is 0.963 bits per heavy atom. The van der Waals surface area contributed by atoms with Crippen molar-refractivity contribution in [1.29, 1.82) is 0 Å². The maximum atomic E-state index is 11.4. The van der Waals surface area contributed by atoms with Crippen molar-refractivity contribution in [3.63, 3.8) is 0 Å². The molecular formula is C24H33NOSi. The molecule has 1 aliphatic carbocycles. The Morgan fingerprint density at radius 3 is 2.07 bits per heavy atom. The van der Waals surface area contributed by atoms with Crippen LogP contribution in [0.5, 0.6) is 0 Å². The van der Waals surface area contributed by atoms with Crippen LogP contribution in [0.1, 0.15) is 32.1 Å². The van der Waals surface area contributed by atoms with Crippen molar-refractivity contribution >= 4 is 18.4 Å². The highest BCUT2D eigenvalue weighted by atomic mass is 28.3. The number of fused-ring (bicyclic) bond motifs is 1. The van der Waals surface area contributed by atoms with Crippen LogP contribution < -0.4 is 10.4 Å². The van der Waals surface area contributed by atoms with Gasteiger partial charge in [-0.15, -0.1) is 0 Å². The molecule has 2 nitrogen and oxygen atoms in total. The number of likely N-dealkylation sites (N-methyl/N-ethyl adjacent to an activating group) is 1. The Hall–Kier alpha value is -1.42. The van der Waals surface area contributed by atoms with Crippen LogP contribution >= 0.6 is 0 Å². The van der Waals surface area contributed by atoms with E-state index in [1.54, 1.807) is 0 Å². The van der Waals surface area contributed by atoms with E-state index in [0.717, 1.165) is 12.0 Å². The smallest absolute Gasteiger partial charge is 0.117 e. The number of rotatable bonds is 5. The molecular weight excluding hydrogens is 346 g/mol. The third-order valence-electron chi connectivity index (χ3n) is 7.34. The zero-order valence-corrected chi connectivity index (χ0v) is 17.7. The molecule has 2 aromatic carbocycles. The maximum absolute atomic E-state index is 11.4. The number of aliphatic hydroxyl groups is 1. The molecule has 0 radical (unpaired) electrons. The third-order valence-corrected chi connectivity index (χ3v) is 11.8. The second kappa shape index (κ2) is 7.90. The Bertz CT molecular complexity index is 695. The zero-order valence-electron chi connectivity index (χ0n) is 16.7. The van der Waals surface area contributed by atoms with Gasteiger partial charge in [-0.25, -0.2) is 0 Å². The lowest BCUT2D eigenvalue weighted by molar-refractivity contribution is 0.0802. The number of nitrogens with zero attached hydrogens (tertiary/aromatic N) is 1. The molecule has 1 heterocycles. The standard InChI is InChI=1S/C24H33NOSi/c1-25-22-16-10-9-11-19(22)17-23(25)24(26)18-27(2,20-12-5-3-6-13-20)21-14-7-4-8-15-21/h3-8,12-15,19,22-24,26H,9-11,16-18H2,1-2H3/t19-,22-,23-,24+/m0/s1. The Labute approximate surface area is 165 Å². The summed E-state index contributed by atoms with van der Waals surface area (Å²) in [6, 6.07) is 23.7. The van der Waals surface area contributed by atoms with Gasteiger partial charge in [-0.3, -0.25) is 4.90 Å². The first-order chi connectivity index (χ1) is 13.1. The van der Waals surface area contributed by atoms with Crippen LogP contribution in [0, 0.1) is 5.92 Å². The molecule has 27 heavy (non-hydrogen) atoms. The fourth-order valence-corrected chi connectivity index (χ4v) is 9.49. The van der Waals surface area contributed by atoms with Gasteiger partial charge >= 0.3 is 0 Å². The van der Waals surface area contributed by atoms with Crippen LogP contribution in [0.3, 0.4) is 0 Å². The third kappa shape index (κ3) is 3.65. The first kappa shape index (κ1) is 18.9. The second-order valence-electron chi connectivity index (χ2n) is 8.92. The summed E-state index contributed by atoms with van der Waals surface area (Å²) in [5.74, 6) is 0.796. The molecule has 2 aliphatic rings. The summed E-state index contributed by atoms with van der Waals surface area (Å²) in [6.07, 6.45) is 6.32. The van der Waals surface area contributed by atoms with Gasteiger partial charge in [0.1, 0.15) is 8.07 Å². The number of benzene rings is 2. The van der Waals surface area contributed by atoms with Gasteiger partial charge in [0.2, 0.25) is 0 Å². The highest BCUT2D eigenvalue weighted by Gasteiger charge is 2.45. The second-order valence-corrected chi connectivity index (χ2v) is 13.1. The largest absolute Gasteiger partial charge is 0.392 e. The van der Waals surface area contributed by atoms with Crippen molar-refractivity contribution in [3.05, 3.63) is 60.7 Å². The van der Waals surface area contributed by atoms with Gasteiger partial charge in [-0.2, -0.15) is 0 Å². The van der Waals surface area contributed by atoms with E-state index in [2.05, 4.69) is 79.2 Å². The summed E-state index contributed by atoms with van der Waals surface area (Å²) in [5, 5.41) is 14.3. The van der Waals surface area contributed by atoms with E-state index >= 15 is 0 Å². The first-order valence-corrected chi connectivity index (χ1v) is 13.3. The van der Waals surface area contributed by atoms with Crippen LogP contribution in [-0.2, 0) is 0 Å². The van der Waals surface area contributed by atoms with Crippen LogP contribution in [0.4, 0.5) is 0 Å². The SMILES string of the molecule is CN1[C@H]2CCCC[C@H]2C[C@H]1[C@H](O)C[Si](C)(c1ccccc1)c1ccccc1. The highest BCUT2D eigenvalue weighted by Crippen LogP contribution is 2.40. The summed E-state index contributed by atoms with van der Waals surface area (Å²) in [6.45, 7) is 2.43. The molecule has 0 unspecified atom stereocenters. The van der Waals surface area contributed by atoms with Gasteiger partial charge in [-0.05, 0) is 38.3 Å². The Balaban J connectivity index is 1.60. The molecule has 1 saturated carbocycles. The Morgan fingerprint density at radius 2 is 1.52 bits per heavy atom. The molecule has 0 amide bonds. The molecule has 0 bridgehead atoms. The number of hydrogen-bond donors (Lipinski definition) is 1. The lowest BCUT2D eigenvalue weighted by Crippen LogP contribution is -2.59. The number of aliphatic hydroxyl groups excluding tert-OH is 1. The molecule has 4 atom stereocenters. The molecule has 1 saturated heterocycles. The average molecular weight is 380 g/mol. The average Bonchev–Trinajstić information content (AvgIpc) is 3.06. The van der Waals surface area contributed by atoms with Gasteiger partial charge in [0.15, 0.2) is 0 Å². The molecule has 4 rings (SSSR count). The lowest BCUT2D eigenvalue weighted by atomic mass is 9.84. The lowest BCUT2D eigenvalue weighted by Gasteiger charge is -2.36. The van der Waals surface area contributed by atoms with E-state index in [0.29, 0.717) is 12.1 Å². The van der Waals surface area contributed by atoms with Crippen molar-refractivity contribution in [3.8, 4) is 0 Å². The normalized spacial score (nSPS) is 27.3. The maximum Gasteiger partial charge on any atom is 0.117 e. The molecule has 144 valence electrons. The molecule has 1 aliphatic heterocycles. The summed E-state index contributed by atoms with van der Waals surface area (Å²) >= 11 is 0. The molecule has 2 aromatic rings. The summed E-state index contributed by atoms with van der Waals surface area (Å²) < 4.78 is 0. The predicted octanol–water partition coefficient (Wildman–Crippen LogP) is 3.50. The summed E-state index contributed by atoms with van der Waals surface area (Å²) in [4.78, 5) is 2.53. The number of hydrogen-bond acceptors (Lipinski definition) is 2. The van der Waals surface area contributed by atoms with E-state index in [4.69, 9.17) is 0 Å². The van der Waals surface area contributed by atoms with E-state index < -0.39 is 8.07 Å². The van der Waals surface area contributed by atoms with Crippen LogP contribution in [0.25, 0.3) is 0 Å². The minimum absolute atomic E-state index is 0.252. The van der Waals surface area contributed by atoms with Crippen molar-refractivity contribution in [2.24, 2.45) is 5.92 Å². The minimum Gasteiger partial charge on any atom is -0.392 e. The van der Waals surface area contributed by atoms with E-state index in [1.165, 1.54) is 42.5 Å². The molecule has 0 spiro atoms. The van der Waals surface area contributed by atoms with E-state index in [1.807, 2.05) is 0 Å². The fraction of sp³-hybridized carbons (Fsp3) is 0.500. The van der Waals surface area contributed by atoms with Crippen molar-refractivity contribution in [2.45, 2.75) is 62.9 Å². The first-order valence-electron chi connectivity index (χ1n) is 10.6. The Kier molecular flexibility index (Phi) is 5.54. The fourth-order valence-electron chi connectivity index (χ4n) is 5.72. The minimum atomic E-state index is -1.99. The van der Waals surface area contributed by atoms with Crippen molar-refractivity contribution in [1.82, 2.24) is 4.90 Å². The van der Waals surface area contributed by atoms with E-state index in [-0.39, 0.29) is 6.10 Å². The molecule has 2 fully saturated rings. The quantitative estimate of drug-likeness (QED) is 0.804. The monoisotopic (exact) mass is 379 g/mol. The van der Waals surface area contributed by atoms with Gasteiger partial charge in [0, 0.05) is 12.1 Å². The van der Waals surface area contributed by atoms with Crippen molar-refractivity contribution < 1.29 is 5.11 Å². The van der Waals surface area contributed by atoms with Gasteiger partial charge in [-0.1, -0.05) is 90.4 Å². The zero-order chi connectivity index (χ0) is 18.9. The molecule has 0 aromatic heterocycles. The van der Waals surface area contributed by atoms with Crippen LogP contribution in [-0.4, -0.2) is 43.3 Å². The highest BCUT2D eigenvalue weighted by molar-refractivity contribution is 7.01. The van der Waals surface area contributed by atoms with Crippen LogP contribution in [0.2, 0.25) is 12.6 Å². The van der Waals surface area contributed by atoms with Gasteiger partial charge in [0.25, 0.3) is 0 Å². The van der Waals surface area contributed by atoms with E-state index in [9.17, 15) is 5.11 Å². The summed E-state index contributed by atoms with van der Waals surface area (Å²) in [7, 11) is 0.270.